The number of rotatable bonds is 11. The molecule has 37 heavy (non-hydrogen) atoms. The highest BCUT2D eigenvalue weighted by molar-refractivity contribution is 7.14. The van der Waals surface area contributed by atoms with Crippen LogP contribution in [0.2, 0.25) is 0 Å². The number of thiazole rings is 1. The first-order valence-corrected chi connectivity index (χ1v) is 13.4. The summed E-state index contributed by atoms with van der Waals surface area (Å²) in [5, 5.41) is 10.3. The molecule has 1 fully saturated rings. The van der Waals surface area contributed by atoms with Crippen molar-refractivity contribution in [3.05, 3.63) is 119 Å². The van der Waals surface area contributed by atoms with E-state index >= 15 is 0 Å². The van der Waals surface area contributed by atoms with Gasteiger partial charge in [0.1, 0.15) is 17.8 Å². The number of anilines is 1. The molecule has 3 aromatic carbocycles. The van der Waals surface area contributed by atoms with Gasteiger partial charge >= 0.3 is 5.97 Å². The van der Waals surface area contributed by atoms with Crippen molar-refractivity contribution < 1.29 is 14.4 Å². The van der Waals surface area contributed by atoms with Gasteiger partial charge in [-0.05, 0) is 42.4 Å². The van der Waals surface area contributed by atoms with E-state index in [-0.39, 0.29) is 12.3 Å². The molecule has 0 atom stereocenters. The molecule has 1 heterocycles. The van der Waals surface area contributed by atoms with Crippen LogP contribution in [-0.2, 0) is 19.9 Å². The standard InChI is InChI=1S/C30H29N3O3S/c1-2-35-28(34)27(33-36-20-22-18-19-22)26-21-37-29(31-26)32-30(23-12-6-3-7-13-23,24-14-8-4-9-15-24)25-16-10-5-11-17-25/h3-17,21-22H,2,18-20H2,1H3,(H,31,32). The number of nitrogens with zero attached hydrogens (tertiary/aromatic N) is 2. The fourth-order valence-electron chi connectivity index (χ4n) is 4.26. The van der Waals surface area contributed by atoms with E-state index in [0.29, 0.717) is 23.4 Å². The summed E-state index contributed by atoms with van der Waals surface area (Å²) in [7, 11) is 0. The van der Waals surface area contributed by atoms with Crippen LogP contribution in [0.15, 0.2) is 102 Å². The van der Waals surface area contributed by atoms with Gasteiger partial charge in [-0.2, -0.15) is 0 Å². The Labute approximate surface area is 221 Å². The third-order valence-corrected chi connectivity index (χ3v) is 7.05. The van der Waals surface area contributed by atoms with Crippen molar-refractivity contribution in [2.45, 2.75) is 25.3 Å². The van der Waals surface area contributed by atoms with Gasteiger partial charge in [-0.15, -0.1) is 11.3 Å². The maximum atomic E-state index is 12.7. The summed E-state index contributed by atoms with van der Waals surface area (Å²) in [5.41, 5.74) is 2.98. The van der Waals surface area contributed by atoms with Gasteiger partial charge in [0.2, 0.25) is 5.71 Å². The first-order chi connectivity index (χ1) is 18.2. The van der Waals surface area contributed by atoms with E-state index in [1.165, 1.54) is 11.3 Å². The van der Waals surface area contributed by atoms with E-state index in [1.807, 2.05) is 60.0 Å². The Morgan fingerprint density at radius 1 is 0.946 bits per heavy atom. The second kappa shape index (κ2) is 11.4. The van der Waals surface area contributed by atoms with Gasteiger partial charge in [0, 0.05) is 5.38 Å². The van der Waals surface area contributed by atoms with E-state index < -0.39 is 11.5 Å². The van der Waals surface area contributed by atoms with Gasteiger partial charge in [-0.25, -0.2) is 9.78 Å². The van der Waals surface area contributed by atoms with Crippen molar-refractivity contribution in [3.63, 3.8) is 0 Å². The van der Waals surface area contributed by atoms with Gasteiger partial charge in [-0.1, -0.05) is 96.2 Å². The number of benzene rings is 3. The average molecular weight is 512 g/mol. The van der Waals surface area contributed by atoms with Crippen LogP contribution in [0.1, 0.15) is 42.1 Å². The molecule has 1 aromatic heterocycles. The number of oxime groups is 1. The Morgan fingerprint density at radius 2 is 1.49 bits per heavy atom. The molecule has 1 N–H and O–H groups in total. The Hall–Kier alpha value is -3.97. The lowest BCUT2D eigenvalue weighted by Crippen LogP contribution is -2.38. The van der Waals surface area contributed by atoms with Gasteiger partial charge in [0.25, 0.3) is 0 Å². The highest BCUT2D eigenvalue weighted by atomic mass is 32.1. The average Bonchev–Trinajstić information content (AvgIpc) is 3.67. The van der Waals surface area contributed by atoms with E-state index in [4.69, 9.17) is 14.6 Å². The molecule has 6 nitrogen and oxygen atoms in total. The Balaban J connectivity index is 1.56. The van der Waals surface area contributed by atoms with Crippen LogP contribution < -0.4 is 5.32 Å². The van der Waals surface area contributed by atoms with Crippen LogP contribution in [0.5, 0.6) is 0 Å². The molecular weight excluding hydrogens is 482 g/mol. The smallest absolute Gasteiger partial charge is 0.362 e. The number of hydrogen-bond acceptors (Lipinski definition) is 7. The highest BCUT2D eigenvalue weighted by Gasteiger charge is 2.37. The maximum absolute atomic E-state index is 12.7. The van der Waals surface area contributed by atoms with E-state index in [1.54, 1.807) is 6.92 Å². The fraction of sp³-hybridized carbons (Fsp3) is 0.233. The van der Waals surface area contributed by atoms with E-state index in [0.717, 1.165) is 29.5 Å². The first-order valence-electron chi connectivity index (χ1n) is 12.5. The Kier molecular flexibility index (Phi) is 7.61. The molecule has 5 rings (SSSR count). The topological polar surface area (TPSA) is 72.8 Å². The number of aromatic nitrogens is 1. The SMILES string of the molecule is CCOC(=O)C(=NOCC1CC1)c1csc(NC(c2ccccc2)(c2ccccc2)c2ccccc2)n1. The molecule has 4 aromatic rings. The lowest BCUT2D eigenvalue weighted by atomic mass is 9.77. The van der Waals surface area contributed by atoms with Crippen molar-refractivity contribution >= 4 is 28.1 Å². The first kappa shape index (κ1) is 24.7. The minimum atomic E-state index is -0.720. The van der Waals surface area contributed by atoms with Crippen LogP contribution in [0.4, 0.5) is 5.13 Å². The van der Waals surface area contributed by atoms with Crippen LogP contribution in [0.3, 0.4) is 0 Å². The zero-order valence-corrected chi connectivity index (χ0v) is 21.5. The van der Waals surface area contributed by atoms with Gasteiger partial charge in [0.05, 0.1) is 6.61 Å². The van der Waals surface area contributed by atoms with Crippen LogP contribution >= 0.6 is 11.3 Å². The van der Waals surface area contributed by atoms with Crippen molar-refractivity contribution in [2.24, 2.45) is 11.1 Å². The molecule has 7 heteroatoms. The van der Waals surface area contributed by atoms with E-state index in [2.05, 4.69) is 46.9 Å². The van der Waals surface area contributed by atoms with Gasteiger partial charge < -0.3 is 14.9 Å². The predicted octanol–water partition coefficient (Wildman–Crippen LogP) is 6.24. The lowest BCUT2D eigenvalue weighted by Gasteiger charge is -2.36. The van der Waals surface area contributed by atoms with Gasteiger partial charge in [-0.3, -0.25) is 0 Å². The molecule has 0 aliphatic heterocycles. The van der Waals surface area contributed by atoms with Crippen LogP contribution in [0.25, 0.3) is 0 Å². The molecule has 0 amide bonds. The van der Waals surface area contributed by atoms with Gasteiger partial charge in [0.15, 0.2) is 5.13 Å². The lowest BCUT2D eigenvalue weighted by molar-refractivity contribution is -0.135. The summed E-state index contributed by atoms with van der Waals surface area (Å²) in [5.74, 6) is -0.0290. The molecule has 188 valence electrons. The number of carbonyl (C=O) groups excluding carboxylic acids is 1. The quantitative estimate of drug-likeness (QED) is 0.112. The minimum absolute atomic E-state index is 0.0801. The van der Waals surface area contributed by atoms with E-state index in [9.17, 15) is 4.79 Å². The number of hydrogen-bond donors (Lipinski definition) is 1. The zero-order valence-electron chi connectivity index (χ0n) is 20.7. The maximum Gasteiger partial charge on any atom is 0.362 e. The molecule has 0 unspecified atom stereocenters. The number of nitrogens with one attached hydrogen (secondary N) is 1. The highest BCUT2D eigenvalue weighted by Crippen LogP contribution is 2.40. The number of carbonyl (C=O) groups is 1. The Bertz CT molecular complexity index is 1240. The molecule has 0 saturated heterocycles. The summed E-state index contributed by atoms with van der Waals surface area (Å²) in [6.07, 6.45) is 2.27. The molecule has 0 bridgehead atoms. The summed E-state index contributed by atoms with van der Waals surface area (Å²) < 4.78 is 5.24. The number of esters is 1. The molecule has 0 spiro atoms. The van der Waals surface area contributed by atoms with Crippen molar-refractivity contribution in [2.75, 3.05) is 18.5 Å². The third-order valence-electron chi connectivity index (χ3n) is 6.29. The number of ether oxygens (including phenoxy) is 1. The zero-order chi connectivity index (χ0) is 25.5. The normalized spacial score (nSPS) is 13.7. The van der Waals surface area contributed by atoms with Crippen molar-refractivity contribution in [3.8, 4) is 0 Å². The monoisotopic (exact) mass is 511 g/mol. The molecule has 1 saturated carbocycles. The molecular formula is C30H29N3O3S. The molecule has 0 radical (unpaired) electrons. The Morgan fingerprint density at radius 3 is 1.97 bits per heavy atom. The fourth-order valence-corrected chi connectivity index (χ4v) is 5.01. The molecule has 1 aliphatic carbocycles. The largest absolute Gasteiger partial charge is 0.461 e. The second-order valence-electron chi connectivity index (χ2n) is 8.91. The van der Waals surface area contributed by atoms with Crippen LogP contribution in [0, 0.1) is 5.92 Å². The predicted molar refractivity (Wildman–Crippen MR) is 147 cm³/mol. The molecule has 1 aliphatic rings. The third kappa shape index (κ3) is 5.57. The summed E-state index contributed by atoms with van der Waals surface area (Å²) in [6, 6.07) is 30.9. The second-order valence-corrected chi connectivity index (χ2v) is 9.77. The summed E-state index contributed by atoms with van der Waals surface area (Å²) in [6.45, 7) is 2.51. The summed E-state index contributed by atoms with van der Waals surface area (Å²) >= 11 is 1.41. The van der Waals surface area contributed by atoms with Crippen molar-refractivity contribution in [1.29, 1.82) is 0 Å². The summed E-state index contributed by atoms with van der Waals surface area (Å²) in [4.78, 5) is 23.0. The van der Waals surface area contributed by atoms with Crippen LogP contribution in [-0.4, -0.2) is 29.9 Å². The van der Waals surface area contributed by atoms with Crippen molar-refractivity contribution in [1.82, 2.24) is 4.98 Å². The minimum Gasteiger partial charge on any atom is -0.461 e.